The largest absolute Gasteiger partial charge is 0.324 e. The van der Waals surface area contributed by atoms with E-state index in [1.807, 2.05) is 6.66 Å². The Balaban J connectivity index is 3.06. The zero-order chi connectivity index (χ0) is 20.1. The molecule has 0 aromatic heterocycles. The first-order chi connectivity index (χ1) is 13.1. The molecule has 0 aliphatic rings. The van der Waals surface area contributed by atoms with Crippen LogP contribution in [0.15, 0.2) is 0 Å². The van der Waals surface area contributed by atoms with Crippen LogP contribution in [0.3, 0.4) is 0 Å². The van der Waals surface area contributed by atoms with E-state index in [9.17, 15) is 4.57 Å². The van der Waals surface area contributed by atoms with Gasteiger partial charge in [0.2, 0.25) is 0 Å². The van der Waals surface area contributed by atoms with Gasteiger partial charge < -0.3 is 4.57 Å². The Morgan fingerprint density at radius 3 is 0.963 bits per heavy atom. The van der Waals surface area contributed by atoms with Crippen LogP contribution in [0.4, 0.5) is 0 Å². The van der Waals surface area contributed by atoms with Gasteiger partial charge in [-0.05, 0) is 19.2 Å². The fourth-order valence-corrected chi connectivity index (χ4v) is 5.07. The van der Waals surface area contributed by atoms with Crippen molar-refractivity contribution in [3.63, 3.8) is 0 Å². The maximum atomic E-state index is 12.0. The average molecular weight is 401 g/mol. The fourth-order valence-electron chi connectivity index (χ4n) is 3.86. The van der Waals surface area contributed by atoms with Crippen molar-refractivity contribution in [1.82, 2.24) is 0 Å². The van der Waals surface area contributed by atoms with Gasteiger partial charge in [-0.1, -0.05) is 136 Å². The Morgan fingerprint density at radius 2 is 0.704 bits per heavy atom. The Kier molecular flexibility index (Phi) is 21.1. The first-order valence-corrected chi connectivity index (χ1v) is 15.2. The van der Waals surface area contributed by atoms with Gasteiger partial charge in [-0.2, -0.15) is 0 Å². The third kappa shape index (κ3) is 22.4. The smallest absolute Gasteiger partial charge is 0.0845 e. The summed E-state index contributed by atoms with van der Waals surface area (Å²) in [5.41, 5.74) is 0. The van der Waals surface area contributed by atoms with Crippen molar-refractivity contribution in [2.24, 2.45) is 0 Å². The van der Waals surface area contributed by atoms with E-state index >= 15 is 0 Å². The minimum absolute atomic E-state index is 0.881. The second-order valence-corrected chi connectivity index (χ2v) is 12.7. The lowest BCUT2D eigenvalue weighted by Gasteiger charge is -2.09. The third-order valence-corrected chi connectivity index (χ3v) is 8.75. The number of unbranched alkanes of at least 4 members (excludes halogenated alkanes) is 19. The van der Waals surface area contributed by atoms with Gasteiger partial charge in [0.05, 0.1) is 7.14 Å². The van der Waals surface area contributed by atoms with Crippen LogP contribution in [0.1, 0.15) is 142 Å². The quantitative estimate of drug-likeness (QED) is 0.130. The molecule has 0 aromatic carbocycles. The van der Waals surface area contributed by atoms with Crippen LogP contribution in [-0.4, -0.2) is 19.0 Å². The van der Waals surface area contributed by atoms with Crippen LogP contribution in [0.2, 0.25) is 0 Å². The molecule has 0 saturated carbocycles. The Morgan fingerprint density at radius 1 is 0.444 bits per heavy atom. The van der Waals surface area contributed by atoms with E-state index in [-0.39, 0.29) is 0 Å². The molecule has 0 fully saturated rings. The number of hydrogen-bond acceptors (Lipinski definition) is 1. The molecule has 0 N–H and O–H groups in total. The zero-order valence-electron chi connectivity index (χ0n) is 19.4. The monoisotopic (exact) mass is 400 g/mol. The molecule has 2 heteroatoms. The molecule has 0 radical (unpaired) electrons. The van der Waals surface area contributed by atoms with E-state index in [2.05, 4.69) is 13.8 Å². The van der Waals surface area contributed by atoms with E-state index < -0.39 is 7.14 Å². The minimum atomic E-state index is -1.77. The topological polar surface area (TPSA) is 17.1 Å². The number of rotatable bonds is 22. The molecule has 1 unspecified atom stereocenters. The highest BCUT2D eigenvalue weighted by molar-refractivity contribution is 7.63. The SMILES string of the molecule is CCCCCCCCCCCCCCCCCCCCCCP(C)(=O)CC. The highest BCUT2D eigenvalue weighted by Crippen LogP contribution is 2.41. The molecule has 0 saturated heterocycles. The first kappa shape index (κ1) is 27.2. The van der Waals surface area contributed by atoms with Gasteiger partial charge >= 0.3 is 0 Å². The number of hydrogen-bond donors (Lipinski definition) is 0. The molecule has 0 spiro atoms. The molecule has 1 atom stereocenters. The lowest BCUT2D eigenvalue weighted by atomic mass is 10.0. The lowest BCUT2D eigenvalue weighted by Crippen LogP contribution is -1.91. The minimum Gasteiger partial charge on any atom is -0.324 e. The van der Waals surface area contributed by atoms with Crippen molar-refractivity contribution >= 4 is 7.14 Å². The van der Waals surface area contributed by atoms with Crippen LogP contribution in [-0.2, 0) is 4.57 Å². The van der Waals surface area contributed by atoms with Crippen LogP contribution in [0.5, 0.6) is 0 Å². The first-order valence-electron chi connectivity index (χ1n) is 12.7. The summed E-state index contributed by atoms with van der Waals surface area (Å²) in [7, 11) is -1.77. The maximum Gasteiger partial charge on any atom is 0.0845 e. The molecule has 0 aliphatic carbocycles. The molecule has 0 amide bonds. The van der Waals surface area contributed by atoms with Crippen molar-refractivity contribution in [2.45, 2.75) is 142 Å². The van der Waals surface area contributed by atoms with Gasteiger partial charge in [-0.3, -0.25) is 0 Å². The normalized spacial score (nSPS) is 13.7. The standard InChI is InChI=1S/C25H53OP/c1-4-6-7-8-9-10-11-12-13-14-15-16-17-18-19-20-21-22-23-24-25-27(3,26)5-2/h4-25H2,1-3H3. The maximum absolute atomic E-state index is 12.0. The second kappa shape index (κ2) is 21.0. The molecule has 164 valence electrons. The molecule has 0 bridgehead atoms. The fraction of sp³-hybridized carbons (Fsp3) is 1.00. The molecule has 0 aliphatic heterocycles. The van der Waals surface area contributed by atoms with Crippen LogP contribution in [0.25, 0.3) is 0 Å². The summed E-state index contributed by atoms with van der Waals surface area (Å²) in [6.45, 7) is 6.34. The Bertz CT molecular complexity index is 326. The molecule has 0 rings (SSSR count). The van der Waals surface area contributed by atoms with Gasteiger partial charge in [-0.25, -0.2) is 0 Å². The molecule has 0 aromatic rings. The molecule has 1 nitrogen and oxygen atoms in total. The summed E-state index contributed by atoms with van der Waals surface area (Å²) >= 11 is 0. The van der Waals surface area contributed by atoms with Crippen LogP contribution < -0.4 is 0 Å². The summed E-state index contributed by atoms with van der Waals surface area (Å²) < 4.78 is 12.0. The Labute approximate surface area is 173 Å². The molecule has 27 heavy (non-hydrogen) atoms. The predicted molar refractivity (Wildman–Crippen MR) is 127 cm³/mol. The van der Waals surface area contributed by atoms with Crippen LogP contribution >= 0.6 is 7.14 Å². The van der Waals surface area contributed by atoms with Crippen molar-refractivity contribution in [3.05, 3.63) is 0 Å². The van der Waals surface area contributed by atoms with E-state index in [1.54, 1.807) is 0 Å². The van der Waals surface area contributed by atoms with E-state index in [0.717, 1.165) is 12.3 Å². The highest BCUT2D eigenvalue weighted by Gasteiger charge is 2.10. The summed E-state index contributed by atoms with van der Waals surface area (Å²) in [5.74, 6) is 0. The van der Waals surface area contributed by atoms with Gasteiger partial charge in [0.1, 0.15) is 0 Å². The van der Waals surface area contributed by atoms with Crippen molar-refractivity contribution < 1.29 is 4.57 Å². The van der Waals surface area contributed by atoms with Gasteiger partial charge in [-0.15, -0.1) is 0 Å². The van der Waals surface area contributed by atoms with Crippen molar-refractivity contribution in [2.75, 3.05) is 19.0 Å². The van der Waals surface area contributed by atoms with E-state index in [4.69, 9.17) is 0 Å². The van der Waals surface area contributed by atoms with E-state index in [1.165, 1.54) is 128 Å². The third-order valence-electron chi connectivity index (χ3n) is 6.15. The van der Waals surface area contributed by atoms with Gasteiger partial charge in [0.25, 0.3) is 0 Å². The molecular formula is C25H53OP. The molecule has 0 heterocycles. The predicted octanol–water partition coefficient (Wildman–Crippen LogP) is 9.82. The summed E-state index contributed by atoms with van der Waals surface area (Å²) in [4.78, 5) is 0. The van der Waals surface area contributed by atoms with E-state index in [0.29, 0.717) is 0 Å². The van der Waals surface area contributed by atoms with Gasteiger partial charge in [0.15, 0.2) is 0 Å². The molecular weight excluding hydrogens is 347 g/mol. The van der Waals surface area contributed by atoms with Crippen molar-refractivity contribution in [3.8, 4) is 0 Å². The summed E-state index contributed by atoms with van der Waals surface area (Å²) in [6, 6.07) is 0. The average Bonchev–Trinajstić information content (AvgIpc) is 2.66. The summed E-state index contributed by atoms with van der Waals surface area (Å²) in [5, 5.41) is 0. The lowest BCUT2D eigenvalue weighted by molar-refractivity contribution is 0.522. The highest BCUT2D eigenvalue weighted by atomic mass is 31.2. The van der Waals surface area contributed by atoms with Crippen LogP contribution in [0, 0.1) is 0 Å². The van der Waals surface area contributed by atoms with Gasteiger partial charge in [0, 0.05) is 6.16 Å². The van der Waals surface area contributed by atoms with Crippen molar-refractivity contribution in [1.29, 1.82) is 0 Å². The second-order valence-electron chi connectivity index (χ2n) is 9.05. The zero-order valence-corrected chi connectivity index (χ0v) is 20.3. The Hall–Kier alpha value is 0.230. The summed E-state index contributed by atoms with van der Waals surface area (Å²) in [6.07, 6.45) is 30.3.